The topological polar surface area (TPSA) is 60.2 Å². The van der Waals surface area contributed by atoms with Crippen molar-refractivity contribution >= 4 is 0 Å². The van der Waals surface area contributed by atoms with Gasteiger partial charge in [0.15, 0.2) is 0 Å². The fourth-order valence-electron chi connectivity index (χ4n) is 1.61. The summed E-state index contributed by atoms with van der Waals surface area (Å²) >= 11 is 0. The molecule has 0 saturated heterocycles. The Morgan fingerprint density at radius 2 is 2.28 bits per heavy atom. The van der Waals surface area contributed by atoms with Crippen LogP contribution in [0, 0.1) is 0 Å². The van der Waals surface area contributed by atoms with Crippen molar-refractivity contribution in [2.24, 2.45) is 0 Å². The molecule has 18 heavy (non-hydrogen) atoms. The Balaban J connectivity index is 2.08. The number of nitrogens with one attached hydrogen (secondary N) is 1. The largest absolute Gasteiger partial charge is 0.497 e. The van der Waals surface area contributed by atoms with Crippen LogP contribution in [0.15, 0.2) is 28.8 Å². The summed E-state index contributed by atoms with van der Waals surface area (Å²) in [5.74, 6) is 2.03. The van der Waals surface area contributed by atoms with E-state index in [-0.39, 0.29) is 0 Å². The van der Waals surface area contributed by atoms with E-state index in [0.717, 1.165) is 30.8 Å². The molecule has 0 unspecified atom stereocenters. The molecule has 0 aliphatic heterocycles. The number of likely N-dealkylation sites (N-methyl/N-ethyl adjacent to an activating group) is 1. The number of nitrogens with zero attached hydrogens (tertiary/aromatic N) is 2. The first kappa shape index (κ1) is 12.6. The Morgan fingerprint density at radius 1 is 1.39 bits per heavy atom. The zero-order valence-electron chi connectivity index (χ0n) is 10.6. The second-order valence-electron chi connectivity index (χ2n) is 3.85. The van der Waals surface area contributed by atoms with Crippen molar-refractivity contribution in [3.63, 3.8) is 0 Å². The quantitative estimate of drug-likeness (QED) is 0.790. The molecule has 0 atom stereocenters. The van der Waals surface area contributed by atoms with Gasteiger partial charge in [0.05, 0.1) is 7.11 Å². The average molecular weight is 247 g/mol. The number of hydrogen-bond acceptors (Lipinski definition) is 5. The highest BCUT2D eigenvalue weighted by Crippen LogP contribution is 2.21. The van der Waals surface area contributed by atoms with E-state index in [2.05, 4.69) is 22.4 Å². The van der Waals surface area contributed by atoms with Crippen LogP contribution in [-0.4, -0.2) is 30.3 Å². The van der Waals surface area contributed by atoms with Crippen LogP contribution in [0.4, 0.5) is 0 Å². The van der Waals surface area contributed by atoms with Gasteiger partial charge in [0.1, 0.15) is 5.75 Å². The van der Waals surface area contributed by atoms with Crippen LogP contribution in [-0.2, 0) is 6.42 Å². The van der Waals surface area contributed by atoms with Crippen LogP contribution < -0.4 is 10.1 Å². The van der Waals surface area contributed by atoms with E-state index in [1.807, 2.05) is 24.3 Å². The van der Waals surface area contributed by atoms with Crippen LogP contribution >= 0.6 is 0 Å². The first-order valence-corrected chi connectivity index (χ1v) is 6.01. The van der Waals surface area contributed by atoms with Gasteiger partial charge in [-0.2, -0.15) is 4.98 Å². The molecular formula is C13H17N3O2. The second-order valence-corrected chi connectivity index (χ2v) is 3.85. The maximum atomic E-state index is 5.20. The molecular weight excluding hydrogens is 230 g/mol. The molecule has 0 aliphatic rings. The van der Waals surface area contributed by atoms with Gasteiger partial charge < -0.3 is 14.6 Å². The molecule has 0 spiro atoms. The monoisotopic (exact) mass is 247 g/mol. The van der Waals surface area contributed by atoms with Gasteiger partial charge in [-0.1, -0.05) is 24.2 Å². The highest BCUT2D eigenvalue weighted by atomic mass is 16.5. The highest BCUT2D eigenvalue weighted by Gasteiger charge is 2.08. The van der Waals surface area contributed by atoms with Crippen molar-refractivity contribution in [3.05, 3.63) is 30.2 Å². The normalized spacial score (nSPS) is 10.6. The molecule has 0 amide bonds. The third-order valence-corrected chi connectivity index (χ3v) is 2.56. The molecule has 2 aromatic rings. The lowest BCUT2D eigenvalue weighted by Crippen LogP contribution is -2.16. The van der Waals surface area contributed by atoms with Crippen molar-refractivity contribution in [2.45, 2.75) is 13.3 Å². The van der Waals surface area contributed by atoms with Crippen LogP contribution in [0.2, 0.25) is 0 Å². The lowest BCUT2D eigenvalue weighted by molar-refractivity contribution is 0.377. The van der Waals surface area contributed by atoms with Crippen LogP contribution in [0.5, 0.6) is 5.75 Å². The fourth-order valence-corrected chi connectivity index (χ4v) is 1.61. The van der Waals surface area contributed by atoms with Crippen LogP contribution in [0.25, 0.3) is 11.4 Å². The Bertz CT molecular complexity index is 496. The van der Waals surface area contributed by atoms with E-state index in [0.29, 0.717) is 11.7 Å². The molecule has 1 heterocycles. The van der Waals surface area contributed by atoms with E-state index in [4.69, 9.17) is 9.26 Å². The van der Waals surface area contributed by atoms with E-state index in [1.54, 1.807) is 7.11 Å². The Hall–Kier alpha value is -1.88. The second kappa shape index (κ2) is 6.16. The summed E-state index contributed by atoms with van der Waals surface area (Å²) in [5.41, 5.74) is 0.896. The van der Waals surface area contributed by atoms with Gasteiger partial charge >= 0.3 is 0 Å². The number of methoxy groups -OCH3 is 1. The van der Waals surface area contributed by atoms with E-state index >= 15 is 0 Å². The molecule has 1 aromatic carbocycles. The molecule has 5 nitrogen and oxygen atoms in total. The SMILES string of the molecule is CCNCCc1nc(-c2cccc(OC)c2)no1. The van der Waals surface area contributed by atoms with Gasteiger partial charge in [-0.15, -0.1) is 0 Å². The molecule has 5 heteroatoms. The van der Waals surface area contributed by atoms with Crippen molar-refractivity contribution in [1.29, 1.82) is 0 Å². The smallest absolute Gasteiger partial charge is 0.228 e. The Kier molecular flexibility index (Phi) is 4.30. The molecule has 0 fully saturated rings. The summed E-state index contributed by atoms with van der Waals surface area (Å²) in [6, 6.07) is 7.61. The maximum Gasteiger partial charge on any atom is 0.228 e. The number of hydrogen-bond donors (Lipinski definition) is 1. The van der Waals surface area contributed by atoms with Crippen LogP contribution in [0.3, 0.4) is 0 Å². The molecule has 0 radical (unpaired) electrons. The lowest BCUT2D eigenvalue weighted by atomic mass is 10.2. The summed E-state index contributed by atoms with van der Waals surface area (Å²) in [5, 5.41) is 7.19. The third kappa shape index (κ3) is 3.07. The molecule has 0 saturated carbocycles. The minimum absolute atomic E-state index is 0.598. The first-order chi connectivity index (χ1) is 8.83. The molecule has 96 valence electrons. The van der Waals surface area contributed by atoms with Crippen molar-refractivity contribution in [3.8, 4) is 17.1 Å². The molecule has 0 bridgehead atoms. The van der Waals surface area contributed by atoms with Crippen molar-refractivity contribution in [1.82, 2.24) is 15.5 Å². The van der Waals surface area contributed by atoms with E-state index in [9.17, 15) is 0 Å². The van der Waals surface area contributed by atoms with Gasteiger partial charge in [-0.25, -0.2) is 0 Å². The number of rotatable bonds is 6. The lowest BCUT2D eigenvalue weighted by Gasteiger charge is -1.99. The van der Waals surface area contributed by atoms with Gasteiger partial charge in [-0.3, -0.25) is 0 Å². The van der Waals surface area contributed by atoms with Crippen molar-refractivity contribution < 1.29 is 9.26 Å². The third-order valence-electron chi connectivity index (χ3n) is 2.56. The molecule has 1 aromatic heterocycles. The summed E-state index contributed by atoms with van der Waals surface area (Å²) in [4.78, 5) is 4.35. The fraction of sp³-hybridized carbons (Fsp3) is 0.385. The first-order valence-electron chi connectivity index (χ1n) is 6.01. The van der Waals surface area contributed by atoms with Gasteiger partial charge in [0.2, 0.25) is 11.7 Å². The number of ether oxygens (including phenoxy) is 1. The zero-order valence-corrected chi connectivity index (χ0v) is 10.6. The number of aromatic nitrogens is 2. The summed E-state index contributed by atoms with van der Waals surface area (Å²) in [7, 11) is 1.64. The summed E-state index contributed by atoms with van der Waals surface area (Å²) in [6.45, 7) is 3.85. The summed E-state index contributed by atoms with van der Waals surface area (Å²) in [6.07, 6.45) is 0.741. The molecule has 2 rings (SSSR count). The molecule has 1 N–H and O–H groups in total. The predicted octanol–water partition coefficient (Wildman–Crippen LogP) is 1.90. The van der Waals surface area contributed by atoms with E-state index < -0.39 is 0 Å². The highest BCUT2D eigenvalue weighted by molar-refractivity contribution is 5.56. The predicted molar refractivity (Wildman–Crippen MR) is 68.5 cm³/mol. The number of benzene rings is 1. The molecule has 0 aliphatic carbocycles. The van der Waals surface area contributed by atoms with Crippen molar-refractivity contribution in [2.75, 3.05) is 20.2 Å². The van der Waals surface area contributed by atoms with Gasteiger partial charge in [-0.05, 0) is 18.7 Å². The minimum Gasteiger partial charge on any atom is -0.497 e. The maximum absolute atomic E-state index is 5.20. The van der Waals surface area contributed by atoms with Gasteiger partial charge in [0.25, 0.3) is 0 Å². The summed E-state index contributed by atoms with van der Waals surface area (Å²) < 4.78 is 10.4. The minimum atomic E-state index is 0.598. The van der Waals surface area contributed by atoms with Gasteiger partial charge in [0, 0.05) is 18.5 Å². The standard InChI is InChI=1S/C13H17N3O2/c1-3-14-8-7-12-15-13(16-18-12)10-5-4-6-11(9-10)17-2/h4-6,9,14H,3,7-8H2,1-2H3. The Morgan fingerprint density at radius 3 is 3.06 bits per heavy atom. The zero-order chi connectivity index (χ0) is 12.8. The average Bonchev–Trinajstić information content (AvgIpc) is 2.88. The van der Waals surface area contributed by atoms with E-state index in [1.165, 1.54) is 0 Å². The Labute approximate surface area is 106 Å². The van der Waals surface area contributed by atoms with Crippen LogP contribution in [0.1, 0.15) is 12.8 Å².